The van der Waals surface area contributed by atoms with E-state index in [-0.39, 0.29) is 17.6 Å². The highest BCUT2D eigenvalue weighted by Crippen LogP contribution is 2.20. The van der Waals surface area contributed by atoms with E-state index in [1.54, 1.807) is 17.8 Å². The fourth-order valence-corrected chi connectivity index (χ4v) is 1.68. The molecule has 15 heavy (non-hydrogen) atoms. The van der Waals surface area contributed by atoms with Crippen molar-refractivity contribution in [1.29, 1.82) is 0 Å². The van der Waals surface area contributed by atoms with Crippen LogP contribution < -0.4 is 5.32 Å². The second-order valence-electron chi connectivity index (χ2n) is 3.37. The average Bonchev–Trinajstić information content (AvgIpc) is 2.17. The first kappa shape index (κ1) is 12.3. The molecule has 4 heteroatoms. The first-order chi connectivity index (χ1) is 7.15. The lowest BCUT2D eigenvalue weighted by Crippen LogP contribution is -2.22. The minimum Gasteiger partial charge on any atom is -0.508 e. The molecule has 0 radical (unpaired) electrons. The van der Waals surface area contributed by atoms with Crippen molar-refractivity contribution in [3.63, 3.8) is 0 Å². The molecule has 1 aromatic carbocycles. The molecule has 2 N–H and O–H groups in total. The van der Waals surface area contributed by atoms with Crippen molar-refractivity contribution in [2.45, 2.75) is 13.0 Å². The third-order valence-corrected chi connectivity index (χ3v) is 2.82. The molecule has 0 aromatic heterocycles. The molecule has 0 amide bonds. The Balaban J connectivity index is 2.61. The smallest absolute Gasteiger partial charge is 0.131 e. The van der Waals surface area contributed by atoms with Crippen LogP contribution >= 0.6 is 11.8 Å². The monoisotopic (exact) mass is 229 g/mol. The molecule has 84 valence electrons. The van der Waals surface area contributed by atoms with Gasteiger partial charge in [-0.15, -0.1) is 0 Å². The predicted octanol–water partition coefficient (Wildman–Crippen LogP) is 2.54. The van der Waals surface area contributed by atoms with Crippen LogP contribution in [0.3, 0.4) is 0 Å². The van der Waals surface area contributed by atoms with Crippen LogP contribution in [0.2, 0.25) is 0 Å². The van der Waals surface area contributed by atoms with Gasteiger partial charge in [-0.1, -0.05) is 6.07 Å². The highest BCUT2D eigenvalue weighted by molar-refractivity contribution is 7.98. The molecule has 1 rings (SSSR count). The normalized spacial score (nSPS) is 12.7. The fraction of sp³-hybridized carbons (Fsp3) is 0.455. The Labute approximate surface area is 93.9 Å². The molecule has 1 atom stereocenters. The Kier molecular flexibility index (Phi) is 4.91. The molecule has 0 fully saturated rings. The molecule has 0 bridgehead atoms. The van der Waals surface area contributed by atoms with Gasteiger partial charge in [-0.3, -0.25) is 0 Å². The van der Waals surface area contributed by atoms with E-state index in [0.717, 1.165) is 18.4 Å². The summed E-state index contributed by atoms with van der Waals surface area (Å²) in [4.78, 5) is 0. The van der Waals surface area contributed by atoms with Crippen molar-refractivity contribution in [2.75, 3.05) is 18.6 Å². The highest BCUT2D eigenvalue weighted by atomic mass is 32.2. The molecule has 0 aliphatic carbocycles. The van der Waals surface area contributed by atoms with E-state index in [4.69, 9.17) is 5.11 Å². The zero-order chi connectivity index (χ0) is 11.3. The third-order valence-electron chi connectivity index (χ3n) is 2.21. The van der Waals surface area contributed by atoms with Crippen molar-refractivity contribution in [3.8, 4) is 5.75 Å². The van der Waals surface area contributed by atoms with Crippen LogP contribution in [0, 0.1) is 5.82 Å². The van der Waals surface area contributed by atoms with Gasteiger partial charge in [0.05, 0.1) is 0 Å². The number of hydrogen-bond acceptors (Lipinski definition) is 3. The van der Waals surface area contributed by atoms with Crippen LogP contribution in [0.25, 0.3) is 0 Å². The summed E-state index contributed by atoms with van der Waals surface area (Å²) in [5, 5.41) is 12.3. The second-order valence-corrected chi connectivity index (χ2v) is 4.36. The zero-order valence-electron chi connectivity index (χ0n) is 8.96. The second kappa shape index (κ2) is 5.98. The zero-order valence-corrected chi connectivity index (χ0v) is 9.77. The fourth-order valence-electron chi connectivity index (χ4n) is 1.35. The van der Waals surface area contributed by atoms with E-state index in [0.29, 0.717) is 5.56 Å². The summed E-state index contributed by atoms with van der Waals surface area (Å²) in [6.07, 6.45) is 2.04. The van der Waals surface area contributed by atoms with E-state index in [2.05, 4.69) is 5.32 Å². The summed E-state index contributed by atoms with van der Waals surface area (Å²) in [6, 6.07) is 4.23. The molecule has 1 aromatic rings. The largest absolute Gasteiger partial charge is 0.508 e. The van der Waals surface area contributed by atoms with Gasteiger partial charge in [0, 0.05) is 30.0 Å². The topological polar surface area (TPSA) is 32.3 Å². The quantitative estimate of drug-likeness (QED) is 0.761. The maximum atomic E-state index is 13.4. The van der Waals surface area contributed by atoms with Crippen LogP contribution in [0.4, 0.5) is 4.39 Å². The van der Waals surface area contributed by atoms with Crippen LogP contribution in [-0.4, -0.2) is 23.7 Å². The summed E-state index contributed by atoms with van der Waals surface area (Å²) >= 11 is 1.75. The minimum atomic E-state index is -0.362. The minimum absolute atomic E-state index is 0.0299. The van der Waals surface area contributed by atoms with Crippen LogP contribution in [0.5, 0.6) is 5.75 Å². The number of rotatable bonds is 5. The summed E-state index contributed by atoms with van der Waals surface area (Å²) in [5.41, 5.74) is 0.592. The van der Waals surface area contributed by atoms with Crippen LogP contribution in [-0.2, 0) is 0 Å². The standard InChI is InChI=1S/C11H16FNOS/c1-8(13-5-6-15-2)10-4-3-9(14)7-11(10)12/h3-4,7-8,13-14H,5-6H2,1-2H3. The van der Waals surface area contributed by atoms with E-state index < -0.39 is 0 Å². The summed E-state index contributed by atoms with van der Waals surface area (Å²) in [7, 11) is 0. The van der Waals surface area contributed by atoms with Gasteiger partial charge in [-0.25, -0.2) is 4.39 Å². The highest BCUT2D eigenvalue weighted by Gasteiger charge is 2.10. The van der Waals surface area contributed by atoms with E-state index in [1.807, 2.05) is 13.2 Å². The Hall–Kier alpha value is -0.740. The number of phenolic OH excluding ortho intramolecular Hbond substituents is 1. The Bertz CT molecular complexity index is 319. The summed E-state index contributed by atoms with van der Waals surface area (Å²) < 4.78 is 13.4. The van der Waals surface area contributed by atoms with Gasteiger partial charge >= 0.3 is 0 Å². The number of phenols is 1. The molecular weight excluding hydrogens is 213 g/mol. The van der Waals surface area contributed by atoms with Gasteiger partial charge < -0.3 is 10.4 Å². The average molecular weight is 229 g/mol. The SMILES string of the molecule is CSCCNC(C)c1ccc(O)cc1F. The van der Waals surface area contributed by atoms with Gasteiger partial charge in [0.2, 0.25) is 0 Å². The van der Waals surface area contributed by atoms with E-state index >= 15 is 0 Å². The van der Waals surface area contributed by atoms with Gasteiger partial charge in [0.1, 0.15) is 11.6 Å². The van der Waals surface area contributed by atoms with Crippen LogP contribution in [0.1, 0.15) is 18.5 Å². The van der Waals surface area contributed by atoms with Gasteiger partial charge in [0.25, 0.3) is 0 Å². The summed E-state index contributed by atoms with van der Waals surface area (Å²) in [6.45, 7) is 2.76. The van der Waals surface area contributed by atoms with Gasteiger partial charge in [-0.2, -0.15) is 11.8 Å². The first-order valence-electron chi connectivity index (χ1n) is 4.86. The molecular formula is C11H16FNOS. The molecule has 0 aliphatic heterocycles. The molecule has 0 spiro atoms. The number of hydrogen-bond donors (Lipinski definition) is 2. The molecule has 1 unspecified atom stereocenters. The van der Waals surface area contributed by atoms with Gasteiger partial charge in [-0.05, 0) is 19.2 Å². The first-order valence-corrected chi connectivity index (χ1v) is 6.25. The Morgan fingerprint density at radius 3 is 2.87 bits per heavy atom. The molecule has 0 saturated heterocycles. The number of aromatic hydroxyl groups is 1. The number of nitrogens with one attached hydrogen (secondary N) is 1. The predicted molar refractivity (Wildman–Crippen MR) is 62.9 cm³/mol. The summed E-state index contributed by atoms with van der Waals surface area (Å²) in [5.74, 6) is 0.607. The Morgan fingerprint density at radius 1 is 1.53 bits per heavy atom. The van der Waals surface area contributed by atoms with Gasteiger partial charge in [0.15, 0.2) is 0 Å². The number of halogens is 1. The van der Waals surface area contributed by atoms with Crippen molar-refractivity contribution >= 4 is 11.8 Å². The van der Waals surface area contributed by atoms with Crippen molar-refractivity contribution < 1.29 is 9.50 Å². The number of benzene rings is 1. The lowest BCUT2D eigenvalue weighted by molar-refractivity contribution is 0.464. The maximum absolute atomic E-state index is 13.4. The molecule has 2 nitrogen and oxygen atoms in total. The van der Waals surface area contributed by atoms with Crippen molar-refractivity contribution in [2.24, 2.45) is 0 Å². The van der Waals surface area contributed by atoms with E-state index in [1.165, 1.54) is 6.07 Å². The van der Waals surface area contributed by atoms with Crippen molar-refractivity contribution in [1.82, 2.24) is 5.32 Å². The van der Waals surface area contributed by atoms with Crippen molar-refractivity contribution in [3.05, 3.63) is 29.6 Å². The number of thioether (sulfide) groups is 1. The third kappa shape index (κ3) is 3.72. The van der Waals surface area contributed by atoms with Crippen LogP contribution in [0.15, 0.2) is 18.2 Å². The lowest BCUT2D eigenvalue weighted by Gasteiger charge is -2.14. The van der Waals surface area contributed by atoms with E-state index in [9.17, 15) is 4.39 Å². The lowest BCUT2D eigenvalue weighted by atomic mass is 10.1. The molecule has 0 aliphatic rings. The molecule has 0 saturated carbocycles. The molecule has 0 heterocycles. The Morgan fingerprint density at radius 2 is 2.27 bits per heavy atom. The maximum Gasteiger partial charge on any atom is 0.131 e.